The summed E-state index contributed by atoms with van der Waals surface area (Å²) in [6, 6.07) is 8.51. The Morgan fingerprint density at radius 1 is 1.21 bits per heavy atom. The Kier molecular flexibility index (Phi) is 9.86. The lowest BCUT2D eigenvalue weighted by atomic mass is 10.2. The summed E-state index contributed by atoms with van der Waals surface area (Å²) in [4.78, 5) is 9.82. The van der Waals surface area contributed by atoms with E-state index < -0.39 is 0 Å². The summed E-state index contributed by atoms with van der Waals surface area (Å²) >= 11 is 0. The van der Waals surface area contributed by atoms with E-state index in [0.717, 1.165) is 63.1 Å². The molecule has 0 saturated carbocycles. The quantitative estimate of drug-likeness (QED) is 0.367. The fourth-order valence-corrected chi connectivity index (χ4v) is 3.32. The fourth-order valence-electron chi connectivity index (χ4n) is 3.32. The van der Waals surface area contributed by atoms with Crippen LogP contribution in [-0.2, 0) is 6.54 Å². The molecule has 1 fully saturated rings. The maximum absolute atomic E-state index is 5.74. The molecule has 1 atom stereocenters. The van der Waals surface area contributed by atoms with Gasteiger partial charge in [0.25, 0.3) is 0 Å². The van der Waals surface area contributed by atoms with Gasteiger partial charge in [0.05, 0.1) is 6.54 Å². The highest BCUT2D eigenvalue weighted by Gasteiger charge is 2.20. The molecule has 0 aromatic heterocycles. The molecular weight excluding hydrogens is 350 g/mol. The second-order valence-electron chi connectivity index (χ2n) is 7.10. The number of benzene rings is 1. The van der Waals surface area contributed by atoms with Crippen molar-refractivity contribution in [1.29, 1.82) is 0 Å². The Balaban J connectivity index is 1.89. The number of rotatable bonds is 10. The van der Waals surface area contributed by atoms with Gasteiger partial charge in [0.1, 0.15) is 12.4 Å². The van der Waals surface area contributed by atoms with Gasteiger partial charge < -0.3 is 20.3 Å². The number of para-hydroxylation sites is 1. The summed E-state index contributed by atoms with van der Waals surface area (Å²) in [6.45, 7) is 18.9. The third kappa shape index (κ3) is 7.17. The van der Waals surface area contributed by atoms with Crippen molar-refractivity contribution in [2.45, 2.75) is 33.4 Å². The number of piperazine rings is 1. The first-order chi connectivity index (χ1) is 13.7. The average Bonchev–Trinajstić information content (AvgIpc) is 2.74. The van der Waals surface area contributed by atoms with E-state index >= 15 is 0 Å². The number of nitrogens with zero attached hydrogens (tertiary/aromatic N) is 3. The average molecular weight is 388 g/mol. The summed E-state index contributed by atoms with van der Waals surface area (Å²) < 4.78 is 5.74. The monoisotopic (exact) mass is 387 g/mol. The molecule has 2 rings (SSSR count). The van der Waals surface area contributed by atoms with E-state index in [1.165, 1.54) is 0 Å². The zero-order chi connectivity index (χ0) is 20.2. The second kappa shape index (κ2) is 12.4. The molecule has 2 N–H and O–H groups in total. The molecule has 28 heavy (non-hydrogen) atoms. The van der Waals surface area contributed by atoms with Crippen LogP contribution in [0.15, 0.2) is 41.9 Å². The molecule has 1 heterocycles. The molecule has 1 aliphatic heterocycles. The SMILES string of the molecule is C=CCOc1ccccc1CN=C(NCC)NCC(C)N1CCN(CC)CC1. The second-order valence-corrected chi connectivity index (χ2v) is 7.10. The minimum absolute atomic E-state index is 0.478. The van der Waals surface area contributed by atoms with Gasteiger partial charge in [-0.3, -0.25) is 4.90 Å². The smallest absolute Gasteiger partial charge is 0.191 e. The van der Waals surface area contributed by atoms with Crippen LogP contribution in [0, 0.1) is 0 Å². The third-order valence-electron chi connectivity index (χ3n) is 5.12. The third-order valence-corrected chi connectivity index (χ3v) is 5.12. The molecule has 6 nitrogen and oxygen atoms in total. The van der Waals surface area contributed by atoms with E-state index in [2.05, 4.69) is 53.8 Å². The van der Waals surface area contributed by atoms with Gasteiger partial charge in [0.2, 0.25) is 0 Å². The van der Waals surface area contributed by atoms with Crippen molar-refractivity contribution in [2.24, 2.45) is 4.99 Å². The number of likely N-dealkylation sites (N-methyl/N-ethyl adjacent to an activating group) is 1. The van der Waals surface area contributed by atoms with Gasteiger partial charge in [-0.2, -0.15) is 0 Å². The Morgan fingerprint density at radius 3 is 2.64 bits per heavy atom. The van der Waals surface area contributed by atoms with Crippen LogP contribution in [-0.4, -0.2) is 74.2 Å². The van der Waals surface area contributed by atoms with E-state index in [1.54, 1.807) is 6.08 Å². The highest BCUT2D eigenvalue weighted by molar-refractivity contribution is 5.79. The molecule has 156 valence electrons. The first-order valence-corrected chi connectivity index (χ1v) is 10.5. The first-order valence-electron chi connectivity index (χ1n) is 10.5. The van der Waals surface area contributed by atoms with Gasteiger partial charge in [0, 0.05) is 50.9 Å². The number of guanidine groups is 1. The molecule has 0 spiro atoms. The molecule has 0 radical (unpaired) electrons. The highest BCUT2D eigenvalue weighted by atomic mass is 16.5. The van der Waals surface area contributed by atoms with Crippen LogP contribution >= 0.6 is 0 Å². The van der Waals surface area contributed by atoms with Crippen LogP contribution < -0.4 is 15.4 Å². The standard InChI is InChI=1S/C22H37N5O/c1-5-16-28-21-11-9-8-10-20(21)18-25-22(23-6-2)24-17-19(4)27-14-12-26(7-3)13-15-27/h5,8-11,19H,1,6-7,12-18H2,2-4H3,(H2,23,24,25). The topological polar surface area (TPSA) is 52.1 Å². The van der Waals surface area contributed by atoms with Crippen molar-refractivity contribution in [1.82, 2.24) is 20.4 Å². The van der Waals surface area contributed by atoms with Crippen molar-refractivity contribution < 1.29 is 4.74 Å². The van der Waals surface area contributed by atoms with E-state index in [9.17, 15) is 0 Å². The number of ether oxygens (including phenoxy) is 1. The molecule has 1 aromatic rings. The van der Waals surface area contributed by atoms with E-state index in [1.807, 2.05) is 18.2 Å². The van der Waals surface area contributed by atoms with Crippen molar-refractivity contribution in [3.05, 3.63) is 42.5 Å². The summed E-state index contributed by atoms with van der Waals surface area (Å²) in [7, 11) is 0. The normalized spacial score (nSPS) is 17.2. The molecule has 1 aromatic carbocycles. The minimum Gasteiger partial charge on any atom is -0.489 e. The maximum atomic E-state index is 5.74. The molecule has 6 heteroatoms. The zero-order valence-corrected chi connectivity index (χ0v) is 17.8. The van der Waals surface area contributed by atoms with E-state index in [4.69, 9.17) is 9.73 Å². The lowest BCUT2D eigenvalue weighted by Gasteiger charge is -2.37. The van der Waals surface area contributed by atoms with Gasteiger partial charge in [0.15, 0.2) is 5.96 Å². The molecular formula is C22H37N5O. The van der Waals surface area contributed by atoms with Crippen molar-refractivity contribution >= 4 is 5.96 Å². The zero-order valence-electron chi connectivity index (χ0n) is 17.8. The number of hydrogen-bond acceptors (Lipinski definition) is 4. The lowest BCUT2D eigenvalue weighted by Crippen LogP contribution is -2.53. The number of nitrogens with one attached hydrogen (secondary N) is 2. The molecule has 1 aliphatic rings. The largest absolute Gasteiger partial charge is 0.489 e. The van der Waals surface area contributed by atoms with Crippen LogP contribution in [0.3, 0.4) is 0 Å². The highest BCUT2D eigenvalue weighted by Crippen LogP contribution is 2.18. The molecule has 0 bridgehead atoms. The Hall–Kier alpha value is -2.05. The van der Waals surface area contributed by atoms with Crippen LogP contribution in [0.4, 0.5) is 0 Å². The van der Waals surface area contributed by atoms with Crippen molar-refractivity contribution in [3.8, 4) is 5.75 Å². The molecule has 0 aliphatic carbocycles. The van der Waals surface area contributed by atoms with Crippen LogP contribution in [0.1, 0.15) is 26.3 Å². The fraction of sp³-hybridized carbons (Fsp3) is 0.591. The summed E-state index contributed by atoms with van der Waals surface area (Å²) in [5.41, 5.74) is 1.07. The van der Waals surface area contributed by atoms with Crippen LogP contribution in [0.2, 0.25) is 0 Å². The van der Waals surface area contributed by atoms with Crippen molar-refractivity contribution in [2.75, 3.05) is 52.4 Å². The van der Waals surface area contributed by atoms with E-state index in [0.29, 0.717) is 19.2 Å². The van der Waals surface area contributed by atoms with Gasteiger partial charge in [-0.1, -0.05) is 37.8 Å². The van der Waals surface area contributed by atoms with Gasteiger partial charge in [-0.05, 0) is 26.5 Å². The summed E-state index contributed by atoms with van der Waals surface area (Å²) in [5.74, 6) is 1.71. The van der Waals surface area contributed by atoms with Gasteiger partial charge in [-0.25, -0.2) is 4.99 Å². The van der Waals surface area contributed by atoms with Gasteiger partial charge >= 0.3 is 0 Å². The van der Waals surface area contributed by atoms with Crippen molar-refractivity contribution in [3.63, 3.8) is 0 Å². The Morgan fingerprint density at radius 2 is 1.96 bits per heavy atom. The summed E-state index contributed by atoms with van der Waals surface area (Å²) in [6.07, 6.45) is 1.76. The van der Waals surface area contributed by atoms with E-state index in [-0.39, 0.29) is 0 Å². The molecule has 0 amide bonds. The number of aliphatic imine (C=N–C) groups is 1. The minimum atomic E-state index is 0.478. The van der Waals surface area contributed by atoms with Gasteiger partial charge in [-0.15, -0.1) is 0 Å². The number of hydrogen-bond donors (Lipinski definition) is 2. The first kappa shape index (κ1) is 22.2. The molecule has 1 saturated heterocycles. The predicted molar refractivity (Wildman–Crippen MR) is 118 cm³/mol. The lowest BCUT2D eigenvalue weighted by molar-refractivity contribution is 0.107. The maximum Gasteiger partial charge on any atom is 0.191 e. The predicted octanol–water partition coefficient (Wildman–Crippen LogP) is 2.33. The Labute approximate surface area is 170 Å². The molecule has 1 unspecified atom stereocenters. The summed E-state index contributed by atoms with van der Waals surface area (Å²) in [5, 5.41) is 6.85. The Bertz CT molecular complexity index is 611. The van der Waals surface area contributed by atoms with Crippen LogP contribution in [0.5, 0.6) is 5.75 Å². The van der Waals surface area contributed by atoms with Crippen LogP contribution in [0.25, 0.3) is 0 Å².